The molecular weight excluding hydrogens is 290 g/mol. The molecule has 3 N–H and O–H groups in total. The van der Waals surface area contributed by atoms with Crippen LogP contribution in [0, 0.1) is 0 Å². The summed E-state index contributed by atoms with van der Waals surface area (Å²) < 4.78 is 0. The van der Waals surface area contributed by atoms with Crippen LogP contribution < -0.4 is 5.32 Å². The topological polar surface area (TPSA) is 78.0 Å². The average molecular weight is 309 g/mol. The lowest BCUT2D eigenvalue weighted by molar-refractivity contribution is 0.0993. The maximum absolute atomic E-state index is 12.4. The molecule has 3 aromatic rings. The van der Waals surface area contributed by atoms with Gasteiger partial charge in [0.25, 0.3) is 0 Å². The van der Waals surface area contributed by atoms with Crippen molar-refractivity contribution in [1.82, 2.24) is 9.97 Å². The first-order chi connectivity index (χ1) is 11.3. The number of anilines is 1. The zero-order valence-electron chi connectivity index (χ0n) is 12.7. The highest BCUT2D eigenvalue weighted by atomic mass is 16.3. The van der Waals surface area contributed by atoms with Crippen molar-refractivity contribution in [2.45, 2.75) is 12.8 Å². The number of aromatic nitrogens is 2. The van der Waals surface area contributed by atoms with Gasteiger partial charge in [0.15, 0.2) is 5.78 Å². The molecule has 3 rings (SSSR count). The van der Waals surface area contributed by atoms with Crippen LogP contribution in [0.15, 0.2) is 48.5 Å². The molecule has 0 amide bonds. The van der Waals surface area contributed by atoms with Gasteiger partial charge in [0.1, 0.15) is 0 Å². The molecule has 0 fully saturated rings. The maximum atomic E-state index is 12.4. The number of aliphatic hydroxyl groups is 1. The Balaban J connectivity index is 1.82. The fourth-order valence-electron chi connectivity index (χ4n) is 2.50. The number of ketones is 1. The normalized spacial score (nSPS) is 10.8. The highest BCUT2D eigenvalue weighted by Gasteiger charge is 2.12. The van der Waals surface area contributed by atoms with Crippen molar-refractivity contribution in [3.05, 3.63) is 59.7 Å². The number of hydrogen-bond acceptors (Lipinski definition) is 4. The fourth-order valence-corrected chi connectivity index (χ4v) is 2.50. The number of nitrogens with zero attached hydrogens (tertiary/aromatic N) is 1. The molecule has 0 radical (unpaired) electrons. The molecule has 0 bridgehead atoms. The Morgan fingerprint density at radius 3 is 2.74 bits per heavy atom. The molecule has 5 heteroatoms. The number of carbonyl (C=O) groups excluding carboxylic acids is 1. The molecule has 0 saturated heterocycles. The molecule has 118 valence electrons. The van der Waals surface area contributed by atoms with Crippen molar-refractivity contribution in [3.63, 3.8) is 0 Å². The van der Waals surface area contributed by atoms with Crippen molar-refractivity contribution in [3.8, 4) is 0 Å². The first-order valence-corrected chi connectivity index (χ1v) is 7.68. The van der Waals surface area contributed by atoms with E-state index in [1.54, 1.807) is 0 Å². The number of fused-ring (bicyclic) bond motifs is 1. The van der Waals surface area contributed by atoms with E-state index in [9.17, 15) is 4.79 Å². The lowest BCUT2D eigenvalue weighted by Gasteiger charge is -2.02. The number of hydrogen-bond donors (Lipinski definition) is 3. The predicted octanol–water partition coefficient (Wildman–Crippen LogP) is 2.78. The summed E-state index contributed by atoms with van der Waals surface area (Å²) >= 11 is 0. The van der Waals surface area contributed by atoms with Gasteiger partial charge in [0.2, 0.25) is 5.95 Å². The third-order valence-corrected chi connectivity index (χ3v) is 3.67. The second-order valence-electron chi connectivity index (χ2n) is 5.37. The zero-order chi connectivity index (χ0) is 16.1. The van der Waals surface area contributed by atoms with E-state index in [0.29, 0.717) is 30.9 Å². The molecule has 23 heavy (non-hydrogen) atoms. The van der Waals surface area contributed by atoms with Gasteiger partial charge in [-0.2, -0.15) is 0 Å². The number of nitrogens with one attached hydrogen (secondary N) is 2. The molecule has 0 aliphatic rings. The van der Waals surface area contributed by atoms with Crippen LogP contribution in [0.1, 0.15) is 22.3 Å². The number of Topliss-reactive ketones (excluding diaryl/α,β-unsaturated/α-hetero) is 1. The second-order valence-corrected chi connectivity index (χ2v) is 5.37. The van der Waals surface area contributed by atoms with Gasteiger partial charge in [0, 0.05) is 25.1 Å². The summed E-state index contributed by atoms with van der Waals surface area (Å²) in [6, 6.07) is 15.1. The van der Waals surface area contributed by atoms with Crippen LogP contribution in [0.25, 0.3) is 11.0 Å². The first kappa shape index (κ1) is 15.2. The van der Waals surface area contributed by atoms with E-state index in [2.05, 4.69) is 15.3 Å². The van der Waals surface area contributed by atoms with Crippen molar-refractivity contribution in [1.29, 1.82) is 0 Å². The van der Waals surface area contributed by atoms with Crippen LogP contribution >= 0.6 is 0 Å². The summed E-state index contributed by atoms with van der Waals surface area (Å²) in [6.45, 7) is 0.790. The van der Waals surface area contributed by atoms with E-state index >= 15 is 0 Å². The Hall–Kier alpha value is -2.66. The lowest BCUT2D eigenvalue weighted by Crippen LogP contribution is -2.05. The van der Waals surface area contributed by atoms with Crippen molar-refractivity contribution in [2.75, 3.05) is 18.5 Å². The van der Waals surface area contributed by atoms with Crippen LogP contribution in [-0.2, 0) is 6.42 Å². The van der Waals surface area contributed by atoms with Crippen molar-refractivity contribution >= 4 is 22.8 Å². The van der Waals surface area contributed by atoms with Gasteiger partial charge in [-0.15, -0.1) is 0 Å². The smallest absolute Gasteiger partial charge is 0.201 e. The molecule has 0 aliphatic heterocycles. The van der Waals surface area contributed by atoms with E-state index in [1.165, 1.54) is 0 Å². The number of aliphatic hydroxyl groups excluding tert-OH is 1. The molecule has 0 saturated carbocycles. The number of rotatable bonds is 7. The Morgan fingerprint density at radius 2 is 1.96 bits per heavy atom. The molecule has 5 nitrogen and oxygen atoms in total. The third-order valence-electron chi connectivity index (χ3n) is 3.67. The van der Waals surface area contributed by atoms with E-state index in [1.807, 2.05) is 48.5 Å². The van der Waals surface area contributed by atoms with Crippen LogP contribution in [0.5, 0.6) is 0 Å². The number of carbonyl (C=O) groups is 1. The highest BCUT2D eigenvalue weighted by Crippen LogP contribution is 2.20. The van der Waals surface area contributed by atoms with Crippen LogP contribution in [0.2, 0.25) is 0 Å². The van der Waals surface area contributed by atoms with E-state index < -0.39 is 0 Å². The molecule has 0 spiro atoms. The summed E-state index contributed by atoms with van der Waals surface area (Å²) in [6.07, 6.45) is 0.985. The molecule has 0 aliphatic carbocycles. The summed E-state index contributed by atoms with van der Waals surface area (Å²) in [5.41, 5.74) is 3.32. The van der Waals surface area contributed by atoms with E-state index in [4.69, 9.17) is 5.11 Å². The molecule has 0 unspecified atom stereocenters. The molecule has 2 aromatic carbocycles. The molecule has 1 heterocycles. The number of imidazole rings is 1. The number of benzene rings is 2. The number of aromatic amines is 1. The largest absolute Gasteiger partial charge is 0.396 e. The summed E-state index contributed by atoms with van der Waals surface area (Å²) in [5, 5.41) is 12.0. The van der Waals surface area contributed by atoms with Crippen molar-refractivity contribution < 1.29 is 9.90 Å². The lowest BCUT2D eigenvalue weighted by atomic mass is 10.0. The van der Waals surface area contributed by atoms with Crippen LogP contribution in [0.4, 0.5) is 5.95 Å². The number of H-pyrrole nitrogens is 1. The molecular formula is C18H19N3O2. The second kappa shape index (κ2) is 7.07. The van der Waals surface area contributed by atoms with Crippen LogP contribution in [-0.4, -0.2) is 34.0 Å². The predicted molar refractivity (Wildman–Crippen MR) is 90.8 cm³/mol. The van der Waals surface area contributed by atoms with Gasteiger partial charge in [-0.3, -0.25) is 4.79 Å². The van der Waals surface area contributed by atoms with Gasteiger partial charge < -0.3 is 15.4 Å². The van der Waals surface area contributed by atoms with Crippen molar-refractivity contribution in [2.24, 2.45) is 0 Å². The molecule has 0 atom stereocenters. The average Bonchev–Trinajstić information content (AvgIpc) is 3.00. The Morgan fingerprint density at radius 1 is 1.13 bits per heavy atom. The van der Waals surface area contributed by atoms with Gasteiger partial charge in [0.05, 0.1) is 11.0 Å². The Bertz CT molecular complexity index is 796. The monoisotopic (exact) mass is 309 g/mol. The third kappa shape index (κ3) is 3.57. The van der Waals surface area contributed by atoms with Gasteiger partial charge in [-0.25, -0.2) is 4.98 Å². The quantitative estimate of drug-likeness (QED) is 0.463. The van der Waals surface area contributed by atoms with Gasteiger partial charge in [-0.1, -0.05) is 42.5 Å². The standard InChI is InChI=1S/C18H19N3O2/c22-11-5-10-19-18-20-15-9-4-8-14(17(15)21-18)12-16(23)13-6-2-1-3-7-13/h1-4,6-9,22H,5,10-12H2,(H2,19,20,21). The summed E-state index contributed by atoms with van der Waals surface area (Å²) in [4.78, 5) is 20.1. The minimum absolute atomic E-state index is 0.0795. The Labute approximate surface area is 134 Å². The minimum Gasteiger partial charge on any atom is -0.396 e. The first-order valence-electron chi connectivity index (χ1n) is 7.68. The Kier molecular flexibility index (Phi) is 4.68. The number of para-hydroxylation sites is 1. The SMILES string of the molecule is O=C(Cc1cccc2[nH]c(NCCCO)nc12)c1ccccc1. The van der Waals surface area contributed by atoms with E-state index in [-0.39, 0.29) is 12.4 Å². The van der Waals surface area contributed by atoms with Crippen LogP contribution in [0.3, 0.4) is 0 Å². The van der Waals surface area contributed by atoms with E-state index in [0.717, 1.165) is 16.6 Å². The van der Waals surface area contributed by atoms with Gasteiger partial charge >= 0.3 is 0 Å². The fraction of sp³-hybridized carbons (Fsp3) is 0.222. The van der Waals surface area contributed by atoms with Gasteiger partial charge in [-0.05, 0) is 18.1 Å². The minimum atomic E-state index is 0.0795. The summed E-state index contributed by atoms with van der Waals surface area (Å²) in [5.74, 6) is 0.740. The molecule has 1 aromatic heterocycles. The maximum Gasteiger partial charge on any atom is 0.201 e. The highest BCUT2D eigenvalue weighted by molar-refractivity contribution is 5.99. The zero-order valence-corrected chi connectivity index (χ0v) is 12.7. The summed E-state index contributed by atoms with van der Waals surface area (Å²) in [7, 11) is 0.